The van der Waals surface area contributed by atoms with Gasteiger partial charge in [-0.25, -0.2) is 8.78 Å². The second-order valence-corrected chi connectivity index (χ2v) is 5.16. The fourth-order valence-corrected chi connectivity index (χ4v) is 2.29. The molecule has 0 atom stereocenters. The number of carbonyl (C=O) groups excluding carboxylic acids is 1. The Morgan fingerprint density at radius 1 is 1.09 bits per heavy atom. The van der Waals surface area contributed by atoms with E-state index >= 15 is 0 Å². The van der Waals surface area contributed by atoms with Crippen LogP contribution in [0.15, 0.2) is 42.5 Å². The predicted octanol–water partition coefficient (Wildman–Crippen LogP) is 3.26. The van der Waals surface area contributed by atoms with Crippen molar-refractivity contribution in [3.05, 3.63) is 65.2 Å². The first kappa shape index (κ1) is 16.9. The number of hydrogen-bond acceptors (Lipinski definition) is 2. The van der Waals surface area contributed by atoms with Crippen molar-refractivity contribution in [2.24, 2.45) is 0 Å². The van der Waals surface area contributed by atoms with Crippen LogP contribution in [0.3, 0.4) is 0 Å². The van der Waals surface area contributed by atoms with Crippen LogP contribution in [0, 0.1) is 11.6 Å². The zero-order valence-electron chi connectivity index (χ0n) is 12.9. The second kappa shape index (κ2) is 8.27. The average Bonchev–Trinajstić information content (AvgIpc) is 2.56. The summed E-state index contributed by atoms with van der Waals surface area (Å²) < 4.78 is 31.2. The highest BCUT2D eigenvalue weighted by atomic mass is 19.2. The summed E-state index contributed by atoms with van der Waals surface area (Å²) in [6.45, 7) is 0.497. The normalized spacial score (nSPS) is 10.4. The van der Waals surface area contributed by atoms with Gasteiger partial charge in [-0.15, -0.1) is 0 Å². The molecule has 2 rings (SSSR count). The lowest BCUT2D eigenvalue weighted by atomic mass is 10.1. The molecule has 0 saturated heterocycles. The summed E-state index contributed by atoms with van der Waals surface area (Å²) >= 11 is 0. The SMILES string of the molecule is COc1ccccc1CCNC(=O)CCc1ccc(F)c(F)c1. The van der Waals surface area contributed by atoms with E-state index in [2.05, 4.69) is 5.32 Å². The highest BCUT2D eigenvalue weighted by molar-refractivity contribution is 5.76. The van der Waals surface area contributed by atoms with E-state index in [-0.39, 0.29) is 12.3 Å². The average molecular weight is 319 g/mol. The van der Waals surface area contributed by atoms with Gasteiger partial charge in [0.25, 0.3) is 0 Å². The van der Waals surface area contributed by atoms with Crippen LogP contribution < -0.4 is 10.1 Å². The lowest BCUT2D eigenvalue weighted by Gasteiger charge is -2.09. The molecule has 1 amide bonds. The van der Waals surface area contributed by atoms with Crippen LogP contribution in [0.5, 0.6) is 5.75 Å². The first-order valence-corrected chi connectivity index (χ1v) is 7.42. The lowest BCUT2D eigenvalue weighted by molar-refractivity contribution is -0.121. The van der Waals surface area contributed by atoms with Crippen molar-refractivity contribution in [2.45, 2.75) is 19.3 Å². The molecule has 3 nitrogen and oxygen atoms in total. The number of nitrogens with one attached hydrogen (secondary N) is 1. The van der Waals surface area contributed by atoms with Gasteiger partial charge in [0.2, 0.25) is 5.91 Å². The van der Waals surface area contributed by atoms with Crippen LogP contribution in [0.4, 0.5) is 8.78 Å². The van der Waals surface area contributed by atoms with E-state index in [1.165, 1.54) is 6.07 Å². The predicted molar refractivity (Wildman–Crippen MR) is 84.4 cm³/mol. The number of benzene rings is 2. The molecule has 2 aromatic carbocycles. The topological polar surface area (TPSA) is 38.3 Å². The Labute approximate surface area is 134 Å². The van der Waals surface area contributed by atoms with E-state index in [1.54, 1.807) is 7.11 Å². The zero-order chi connectivity index (χ0) is 16.7. The van der Waals surface area contributed by atoms with Gasteiger partial charge in [-0.1, -0.05) is 24.3 Å². The maximum atomic E-state index is 13.1. The monoisotopic (exact) mass is 319 g/mol. The molecule has 0 saturated carbocycles. The van der Waals surface area contributed by atoms with Gasteiger partial charge in [0.05, 0.1) is 7.11 Å². The largest absolute Gasteiger partial charge is 0.496 e. The lowest BCUT2D eigenvalue weighted by Crippen LogP contribution is -2.26. The minimum atomic E-state index is -0.890. The van der Waals surface area contributed by atoms with Crippen LogP contribution in [-0.4, -0.2) is 19.6 Å². The molecule has 0 heterocycles. The Hall–Kier alpha value is -2.43. The highest BCUT2D eigenvalue weighted by Gasteiger charge is 2.06. The molecule has 0 spiro atoms. The van der Waals surface area contributed by atoms with Gasteiger partial charge in [0.1, 0.15) is 5.75 Å². The molecule has 0 aliphatic carbocycles. The van der Waals surface area contributed by atoms with Gasteiger partial charge in [-0.05, 0) is 42.2 Å². The van der Waals surface area contributed by atoms with Crippen molar-refractivity contribution < 1.29 is 18.3 Å². The maximum absolute atomic E-state index is 13.1. The molecule has 122 valence electrons. The van der Waals surface area contributed by atoms with Crippen molar-refractivity contribution in [1.29, 1.82) is 0 Å². The molecule has 0 aliphatic rings. The number of amides is 1. The Morgan fingerprint density at radius 3 is 2.61 bits per heavy atom. The Morgan fingerprint density at radius 2 is 1.87 bits per heavy atom. The third-order valence-corrected chi connectivity index (χ3v) is 3.53. The number of para-hydroxylation sites is 1. The summed E-state index contributed by atoms with van der Waals surface area (Å²) in [5.41, 5.74) is 1.62. The van der Waals surface area contributed by atoms with E-state index in [4.69, 9.17) is 4.74 Å². The summed E-state index contributed by atoms with van der Waals surface area (Å²) in [5.74, 6) is -1.10. The van der Waals surface area contributed by atoms with Crippen LogP contribution >= 0.6 is 0 Å². The molecular formula is C18H19F2NO2. The molecule has 0 aliphatic heterocycles. The molecule has 0 bridgehead atoms. The smallest absolute Gasteiger partial charge is 0.220 e. The minimum Gasteiger partial charge on any atom is -0.496 e. The number of hydrogen-bond donors (Lipinski definition) is 1. The molecule has 0 fully saturated rings. The summed E-state index contributed by atoms with van der Waals surface area (Å²) in [5, 5.41) is 2.82. The third-order valence-electron chi connectivity index (χ3n) is 3.53. The van der Waals surface area contributed by atoms with Crippen molar-refractivity contribution >= 4 is 5.91 Å². The fraction of sp³-hybridized carbons (Fsp3) is 0.278. The zero-order valence-corrected chi connectivity index (χ0v) is 12.9. The van der Waals surface area contributed by atoms with Crippen molar-refractivity contribution in [3.63, 3.8) is 0 Å². The summed E-state index contributed by atoms with van der Waals surface area (Å²) in [6.07, 6.45) is 1.27. The molecule has 0 radical (unpaired) electrons. The van der Waals surface area contributed by atoms with Gasteiger partial charge in [-0.3, -0.25) is 4.79 Å². The molecule has 1 N–H and O–H groups in total. The Kier molecular flexibility index (Phi) is 6.09. The van der Waals surface area contributed by atoms with Crippen molar-refractivity contribution in [3.8, 4) is 5.75 Å². The molecule has 0 unspecified atom stereocenters. The number of ether oxygens (including phenoxy) is 1. The van der Waals surface area contributed by atoms with Gasteiger partial charge in [-0.2, -0.15) is 0 Å². The van der Waals surface area contributed by atoms with Crippen LogP contribution in [0.25, 0.3) is 0 Å². The second-order valence-electron chi connectivity index (χ2n) is 5.16. The minimum absolute atomic E-state index is 0.121. The molecule has 23 heavy (non-hydrogen) atoms. The first-order valence-electron chi connectivity index (χ1n) is 7.42. The first-order chi connectivity index (χ1) is 11.1. The van der Waals surface area contributed by atoms with E-state index in [0.717, 1.165) is 23.4 Å². The fourth-order valence-electron chi connectivity index (χ4n) is 2.29. The summed E-state index contributed by atoms with van der Waals surface area (Å²) in [6, 6.07) is 11.3. The van der Waals surface area contributed by atoms with E-state index in [0.29, 0.717) is 24.9 Å². The van der Waals surface area contributed by atoms with Gasteiger partial charge >= 0.3 is 0 Å². The Balaban J connectivity index is 1.76. The number of aryl methyl sites for hydroxylation is 1. The summed E-state index contributed by atoms with van der Waals surface area (Å²) in [7, 11) is 1.61. The van der Waals surface area contributed by atoms with Crippen LogP contribution in [0.2, 0.25) is 0 Å². The number of methoxy groups -OCH3 is 1. The van der Waals surface area contributed by atoms with E-state index in [9.17, 15) is 13.6 Å². The maximum Gasteiger partial charge on any atom is 0.220 e. The van der Waals surface area contributed by atoms with E-state index < -0.39 is 11.6 Å². The van der Waals surface area contributed by atoms with Crippen molar-refractivity contribution in [1.82, 2.24) is 5.32 Å². The molecule has 5 heteroatoms. The molecule has 2 aromatic rings. The molecule has 0 aromatic heterocycles. The van der Waals surface area contributed by atoms with Gasteiger partial charge in [0, 0.05) is 13.0 Å². The van der Waals surface area contributed by atoms with E-state index in [1.807, 2.05) is 24.3 Å². The Bertz CT molecular complexity index is 674. The number of rotatable bonds is 7. The highest BCUT2D eigenvalue weighted by Crippen LogP contribution is 2.17. The number of carbonyl (C=O) groups is 1. The number of halogens is 2. The van der Waals surface area contributed by atoms with Gasteiger partial charge < -0.3 is 10.1 Å². The molecular weight excluding hydrogens is 300 g/mol. The van der Waals surface area contributed by atoms with Crippen LogP contribution in [0.1, 0.15) is 17.5 Å². The third kappa shape index (κ3) is 5.06. The van der Waals surface area contributed by atoms with Crippen LogP contribution in [-0.2, 0) is 17.6 Å². The standard InChI is InChI=1S/C18H19F2NO2/c1-23-17-5-3-2-4-14(17)10-11-21-18(22)9-7-13-6-8-15(19)16(20)12-13/h2-6,8,12H,7,9-11H2,1H3,(H,21,22). The quantitative estimate of drug-likeness (QED) is 0.850. The summed E-state index contributed by atoms with van der Waals surface area (Å²) in [4.78, 5) is 11.8. The van der Waals surface area contributed by atoms with Crippen molar-refractivity contribution in [2.75, 3.05) is 13.7 Å². The van der Waals surface area contributed by atoms with Gasteiger partial charge in [0.15, 0.2) is 11.6 Å².